The van der Waals surface area contributed by atoms with Crippen LogP contribution in [-0.4, -0.2) is 48.4 Å². The highest BCUT2D eigenvalue weighted by Crippen LogP contribution is 2.57. The van der Waals surface area contributed by atoms with Crippen molar-refractivity contribution in [3.63, 3.8) is 0 Å². The summed E-state index contributed by atoms with van der Waals surface area (Å²) >= 11 is 0. The van der Waals surface area contributed by atoms with Crippen LogP contribution in [0.2, 0.25) is 0 Å². The predicted molar refractivity (Wildman–Crippen MR) is 120 cm³/mol. The summed E-state index contributed by atoms with van der Waals surface area (Å²) in [7, 11) is 0. The van der Waals surface area contributed by atoms with Gasteiger partial charge in [-0.2, -0.15) is 0 Å². The largest absolute Gasteiger partial charge is 0.508 e. The minimum atomic E-state index is -1.36. The van der Waals surface area contributed by atoms with Crippen molar-refractivity contribution in [3.05, 3.63) is 82.4 Å². The van der Waals surface area contributed by atoms with E-state index in [1.807, 2.05) is 0 Å². The van der Waals surface area contributed by atoms with Crippen LogP contribution in [0.15, 0.2) is 54.6 Å². The van der Waals surface area contributed by atoms with Gasteiger partial charge in [0.05, 0.1) is 18.8 Å². The van der Waals surface area contributed by atoms with Gasteiger partial charge in [-0.3, -0.25) is 4.79 Å². The molecular formula is C25H22N2O7. The van der Waals surface area contributed by atoms with Crippen LogP contribution in [0.3, 0.4) is 0 Å². The van der Waals surface area contributed by atoms with Crippen LogP contribution in [0.1, 0.15) is 37.4 Å². The Bertz CT molecular complexity index is 1250. The molecule has 0 fully saturated rings. The van der Waals surface area contributed by atoms with Crippen LogP contribution in [0.5, 0.6) is 23.0 Å². The molecule has 9 nitrogen and oxygen atoms in total. The zero-order valence-electron chi connectivity index (χ0n) is 18.0. The SMILES string of the molecule is NCCOCCNC(=O)c1ccc2c(c1)C(=O)OC21c2ccc(O)cc2Oc2cc(O)ccc21. The van der Waals surface area contributed by atoms with E-state index in [4.69, 9.17) is 19.9 Å². The van der Waals surface area contributed by atoms with Crippen LogP contribution in [0.4, 0.5) is 0 Å². The molecule has 2 aliphatic heterocycles. The zero-order chi connectivity index (χ0) is 23.9. The first-order valence-electron chi connectivity index (χ1n) is 10.7. The van der Waals surface area contributed by atoms with Crippen LogP contribution < -0.4 is 15.8 Å². The number of fused-ring (bicyclic) bond motifs is 6. The van der Waals surface area contributed by atoms with Crippen molar-refractivity contribution in [1.29, 1.82) is 0 Å². The first-order valence-corrected chi connectivity index (χ1v) is 10.7. The van der Waals surface area contributed by atoms with Gasteiger partial charge in [0, 0.05) is 47.5 Å². The van der Waals surface area contributed by atoms with Crippen molar-refractivity contribution >= 4 is 11.9 Å². The predicted octanol–water partition coefficient (Wildman–Crippen LogP) is 2.37. The number of amides is 1. The lowest BCUT2D eigenvalue weighted by atomic mass is 9.77. The summed E-state index contributed by atoms with van der Waals surface area (Å²) in [4.78, 5) is 25.7. The molecule has 34 heavy (non-hydrogen) atoms. The van der Waals surface area contributed by atoms with E-state index in [-0.39, 0.29) is 34.5 Å². The summed E-state index contributed by atoms with van der Waals surface area (Å²) in [5.41, 5.74) is 6.12. The molecule has 174 valence electrons. The second-order valence-electron chi connectivity index (χ2n) is 7.95. The van der Waals surface area contributed by atoms with Crippen LogP contribution in [0, 0.1) is 0 Å². The van der Waals surface area contributed by atoms with Gasteiger partial charge >= 0.3 is 5.97 Å². The van der Waals surface area contributed by atoms with E-state index >= 15 is 0 Å². The monoisotopic (exact) mass is 462 g/mol. The Morgan fingerprint density at radius 2 is 1.59 bits per heavy atom. The number of ether oxygens (including phenoxy) is 3. The number of hydrogen-bond acceptors (Lipinski definition) is 8. The molecule has 0 saturated heterocycles. The topological polar surface area (TPSA) is 140 Å². The van der Waals surface area contributed by atoms with Gasteiger partial charge in [0.2, 0.25) is 0 Å². The normalized spacial score (nSPS) is 14.6. The third-order valence-corrected chi connectivity index (χ3v) is 5.83. The summed E-state index contributed by atoms with van der Waals surface area (Å²) < 4.78 is 17.2. The molecule has 0 bridgehead atoms. The number of carbonyl (C=O) groups is 2. The number of phenolic OH excluding ortho intramolecular Hbond substituents is 2. The number of nitrogens with one attached hydrogen (secondary N) is 1. The van der Waals surface area contributed by atoms with E-state index in [2.05, 4.69) is 5.32 Å². The third-order valence-electron chi connectivity index (χ3n) is 5.83. The summed E-state index contributed by atoms with van der Waals surface area (Å²) in [5.74, 6) is -0.420. The average Bonchev–Trinajstić information content (AvgIpc) is 3.10. The highest BCUT2D eigenvalue weighted by atomic mass is 16.6. The number of esters is 1. The van der Waals surface area contributed by atoms with Gasteiger partial charge in [-0.05, 0) is 36.4 Å². The third kappa shape index (κ3) is 3.42. The summed E-state index contributed by atoms with van der Waals surface area (Å²) in [6.45, 7) is 1.44. The maximum Gasteiger partial charge on any atom is 0.340 e. The van der Waals surface area contributed by atoms with Gasteiger partial charge in [-0.1, -0.05) is 6.07 Å². The van der Waals surface area contributed by atoms with Crippen molar-refractivity contribution < 1.29 is 34.0 Å². The van der Waals surface area contributed by atoms with E-state index in [0.29, 0.717) is 48.6 Å². The average molecular weight is 462 g/mol. The Hall–Kier alpha value is -4.08. The van der Waals surface area contributed by atoms with Crippen molar-refractivity contribution in [2.45, 2.75) is 5.60 Å². The number of phenols is 2. The molecule has 5 rings (SSSR count). The Morgan fingerprint density at radius 1 is 0.941 bits per heavy atom. The molecule has 5 N–H and O–H groups in total. The molecule has 1 spiro atoms. The van der Waals surface area contributed by atoms with Crippen molar-refractivity contribution in [2.24, 2.45) is 5.73 Å². The van der Waals surface area contributed by atoms with Crippen molar-refractivity contribution in [2.75, 3.05) is 26.3 Å². The van der Waals surface area contributed by atoms with Crippen molar-refractivity contribution in [3.8, 4) is 23.0 Å². The second-order valence-corrected chi connectivity index (χ2v) is 7.95. The Kier molecular flexibility index (Phi) is 5.35. The quantitative estimate of drug-likeness (QED) is 0.323. The summed E-state index contributed by atoms with van der Waals surface area (Å²) in [6.07, 6.45) is 0. The highest BCUT2D eigenvalue weighted by Gasteiger charge is 2.53. The van der Waals surface area contributed by atoms with Gasteiger partial charge in [0.15, 0.2) is 5.60 Å². The van der Waals surface area contributed by atoms with E-state index in [0.717, 1.165) is 0 Å². The molecule has 0 atom stereocenters. The lowest BCUT2D eigenvalue weighted by molar-refractivity contribution is 0.0224. The van der Waals surface area contributed by atoms with Crippen molar-refractivity contribution in [1.82, 2.24) is 5.32 Å². The summed E-state index contributed by atoms with van der Waals surface area (Å²) in [5, 5.41) is 22.7. The second kappa shape index (κ2) is 8.36. The maximum absolute atomic E-state index is 13.1. The molecule has 0 unspecified atom stereocenters. The molecule has 0 aromatic heterocycles. The molecule has 9 heteroatoms. The Morgan fingerprint density at radius 3 is 2.24 bits per heavy atom. The minimum absolute atomic E-state index is 0.0236. The first kappa shape index (κ1) is 21.7. The molecule has 0 saturated carbocycles. The fourth-order valence-corrected chi connectivity index (χ4v) is 4.37. The number of benzene rings is 3. The van der Waals surface area contributed by atoms with E-state index in [1.165, 1.54) is 30.3 Å². The fraction of sp³-hybridized carbons (Fsp3) is 0.200. The lowest BCUT2D eigenvalue weighted by Crippen LogP contribution is -2.33. The molecule has 1 amide bonds. The number of rotatable bonds is 6. The minimum Gasteiger partial charge on any atom is -0.508 e. The number of nitrogens with two attached hydrogens (primary N) is 1. The number of aromatic hydroxyl groups is 2. The molecule has 3 aromatic rings. The number of hydrogen-bond donors (Lipinski definition) is 4. The lowest BCUT2D eigenvalue weighted by Gasteiger charge is -2.36. The maximum atomic E-state index is 13.1. The van der Waals surface area contributed by atoms with Crippen LogP contribution in [-0.2, 0) is 15.1 Å². The summed E-state index contributed by atoms with van der Waals surface area (Å²) in [6, 6.07) is 13.9. The standard InChI is InChI=1S/C25H22N2O7/c26-7-9-32-10-8-27-23(30)14-1-4-18-17(11-14)24(31)34-25(18)19-5-2-15(28)12-21(19)33-22-13-16(29)3-6-20(22)25/h1-6,11-13,28-29H,7-10,26H2,(H,27,30). The highest BCUT2D eigenvalue weighted by molar-refractivity contribution is 6.01. The van der Waals surface area contributed by atoms with Crippen LogP contribution in [0.25, 0.3) is 0 Å². The Labute approximate surface area is 194 Å². The molecular weight excluding hydrogens is 440 g/mol. The molecule has 2 aliphatic rings. The smallest absolute Gasteiger partial charge is 0.340 e. The van der Waals surface area contributed by atoms with Gasteiger partial charge in [-0.25, -0.2) is 4.79 Å². The van der Waals surface area contributed by atoms with E-state index in [1.54, 1.807) is 24.3 Å². The van der Waals surface area contributed by atoms with Gasteiger partial charge < -0.3 is 35.5 Å². The van der Waals surface area contributed by atoms with Gasteiger partial charge in [-0.15, -0.1) is 0 Å². The molecule has 0 aliphatic carbocycles. The fourth-order valence-electron chi connectivity index (χ4n) is 4.37. The molecule has 2 heterocycles. The van der Waals surface area contributed by atoms with Crippen LogP contribution >= 0.6 is 0 Å². The first-order chi connectivity index (χ1) is 16.4. The molecule has 3 aromatic carbocycles. The molecule has 0 radical (unpaired) electrons. The van der Waals surface area contributed by atoms with Gasteiger partial charge in [0.25, 0.3) is 5.91 Å². The van der Waals surface area contributed by atoms with Gasteiger partial charge in [0.1, 0.15) is 23.0 Å². The zero-order valence-corrected chi connectivity index (χ0v) is 18.0. The van der Waals surface area contributed by atoms with E-state index in [9.17, 15) is 19.8 Å². The number of carbonyl (C=O) groups excluding carboxylic acids is 2. The van der Waals surface area contributed by atoms with E-state index < -0.39 is 11.6 Å². The Balaban J connectivity index is 1.56.